The van der Waals surface area contributed by atoms with E-state index in [-0.39, 0.29) is 5.78 Å². The summed E-state index contributed by atoms with van der Waals surface area (Å²) in [6.45, 7) is 1.92. The molecule has 0 fully saturated rings. The SMILES string of the molecule is COc1cc(C(=O)c2cc(C)ccc2N)ccc1Cl. The number of halogens is 1. The summed E-state index contributed by atoms with van der Waals surface area (Å²) in [6.07, 6.45) is 0. The van der Waals surface area contributed by atoms with Crippen molar-refractivity contribution < 1.29 is 9.53 Å². The first-order chi connectivity index (χ1) is 9.02. The van der Waals surface area contributed by atoms with E-state index >= 15 is 0 Å². The molecule has 4 heteroatoms. The Kier molecular flexibility index (Phi) is 3.76. The number of hydrogen-bond acceptors (Lipinski definition) is 3. The second-order valence-electron chi connectivity index (χ2n) is 4.27. The minimum absolute atomic E-state index is 0.142. The highest BCUT2D eigenvalue weighted by atomic mass is 35.5. The third-order valence-corrected chi connectivity index (χ3v) is 3.18. The summed E-state index contributed by atoms with van der Waals surface area (Å²) in [4.78, 5) is 12.4. The van der Waals surface area contributed by atoms with Crippen LogP contribution in [0, 0.1) is 6.92 Å². The summed E-state index contributed by atoms with van der Waals surface area (Å²) in [7, 11) is 1.51. The monoisotopic (exact) mass is 275 g/mol. The number of nitrogens with two attached hydrogens (primary N) is 1. The average molecular weight is 276 g/mol. The molecule has 0 saturated carbocycles. The Morgan fingerprint density at radius 3 is 2.63 bits per heavy atom. The molecule has 2 N–H and O–H groups in total. The molecule has 0 aliphatic heterocycles. The van der Waals surface area contributed by atoms with Crippen LogP contribution in [0.5, 0.6) is 5.75 Å². The standard InChI is InChI=1S/C15H14ClNO2/c1-9-3-6-13(17)11(7-9)15(18)10-4-5-12(16)14(8-10)19-2/h3-8H,17H2,1-2H3. The van der Waals surface area contributed by atoms with Crippen molar-refractivity contribution in [3.8, 4) is 5.75 Å². The van der Waals surface area contributed by atoms with Crippen LogP contribution >= 0.6 is 11.6 Å². The second-order valence-corrected chi connectivity index (χ2v) is 4.68. The van der Waals surface area contributed by atoms with Gasteiger partial charge in [0.1, 0.15) is 5.75 Å². The van der Waals surface area contributed by atoms with Crippen LogP contribution in [0.3, 0.4) is 0 Å². The van der Waals surface area contributed by atoms with Crippen LogP contribution in [0.1, 0.15) is 21.5 Å². The van der Waals surface area contributed by atoms with E-state index in [1.54, 1.807) is 30.3 Å². The summed E-state index contributed by atoms with van der Waals surface area (Å²) < 4.78 is 5.11. The summed E-state index contributed by atoms with van der Waals surface area (Å²) >= 11 is 5.94. The first-order valence-corrected chi connectivity index (χ1v) is 6.15. The maximum Gasteiger partial charge on any atom is 0.195 e. The third kappa shape index (κ3) is 2.71. The minimum Gasteiger partial charge on any atom is -0.495 e. The Bertz CT molecular complexity index is 638. The lowest BCUT2D eigenvalue weighted by atomic mass is 10.00. The van der Waals surface area contributed by atoms with Crippen LogP contribution in [0.15, 0.2) is 36.4 Å². The number of benzene rings is 2. The summed E-state index contributed by atoms with van der Waals surface area (Å²) in [6, 6.07) is 10.3. The topological polar surface area (TPSA) is 52.3 Å². The van der Waals surface area contributed by atoms with Crippen molar-refractivity contribution in [2.75, 3.05) is 12.8 Å². The largest absolute Gasteiger partial charge is 0.495 e. The average Bonchev–Trinajstić information content (AvgIpc) is 2.41. The fourth-order valence-corrected chi connectivity index (χ4v) is 2.02. The molecule has 19 heavy (non-hydrogen) atoms. The van der Waals surface area contributed by atoms with Crippen LogP contribution in [0.25, 0.3) is 0 Å². The lowest BCUT2D eigenvalue weighted by molar-refractivity contribution is 0.103. The lowest BCUT2D eigenvalue weighted by Crippen LogP contribution is -2.06. The maximum atomic E-state index is 12.4. The molecule has 0 atom stereocenters. The predicted molar refractivity (Wildman–Crippen MR) is 77.0 cm³/mol. The summed E-state index contributed by atoms with van der Waals surface area (Å²) in [5.41, 5.74) is 8.29. The summed E-state index contributed by atoms with van der Waals surface area (Å²) in [5, 5.41) is 0.469. The molecular weight excluding hydrogens is 262 g/mol. The van der Waals surface area contributed by atoms with Crippen LogP contribution in [0.2, 0.25) is 5.02 Å². The molecule has 0 aromatic heterocycles. The van der Waals surface area contributed by atoms with Crippen molar-refractivity contribution in [3.05, 3.63) is 58.1 Å². The molecular formula is C15H14ClNO2. The zero-order chi connectivity index (χ0) is 14.0. The number of carbonyl (C=O) groups excluding carboxylic acids is 1. The molecule has 2 rings (SSSR count). The molecule has 0 bridgehead atoms. The molecule has 0 unspecified atom stereocenters. The van der Waals surface area contributed by atoms with Crippen LogP contribution in [-0.2, 0) is 0 Å². The van der Waals surface area contributed by atoms with Crippen LogP contribution < -0.4 is 10.5 Å². The van der Waals surface area contributed by atoms with Gasteiger partial charge in [-0.2, -0.15) is 0 Å². The van der Waals surface area contributed by atoms with Crippen molar-refractivity contribution in [2.24, 2.45) is 0 Å². The van der Waals surface area contributed by atoms with Gasteiger partial charge in [0.15, 0.2) is 5.78 Å². The normalized spacial score (nSPS) is 10.3. The Morgan fingerprint density at radius 1 is 1.21 bits per heavy atom. The van der Waals surface area contributed by atoms with Gasteiger partial charge in [0.2, 0.25) is 0 Å². The van der Waals surface area contributed by atoms with E-state index in [0.717, 1.165) is 5.56 Å². The molecule has 0 heterocycles. The molecule has 0 saturated heterocycles. The van der Waals surface area contributed by atoms with Crippen molar-refractivity contribution >= 4 is 23.1 Å². The van der Waals surface area contributed by atoms with E-state index in [4.69, 9.17) is 22.1 Å². The van der Waals surface area contributed by atoms with Crippen molar-refractivity contribution in [2.45, 2.75) is 6.92 Å². The van der Waals surface area contributed by atoms with Crippen molar-refractivity contribution in [1.29, 1.82) is 0 Å². The minimum atomic E-state index is -0.142. The number of hydrogen-bond donors (Lipinski definition) is 1. The second kappa shape index (κ2) is 5.33. The highest BCUT2D eigenvalue weighted by Gasteiger charge is 2.14. The van der Waals surface area contributed by atoms with E-state index in [1.165, 1.54) is 7.11 Å². The Balaban J connectivity index is 2.47. The molecule has 3 nitrogen and oxygen atoms in total. The zero-order valence-electron chi connectivity index (χ0n) is 10.7. The van der Waals surface area contributed by atoms with Gasteiger partial charge in [-0.1, -0.05) is 23.2 Å². The van der Waals surface area contributed by atoms with Gasteiger partial charge in [0, 0.05) is 16.8 Å². The molecule has 2 aromatic rings. The van der Waals surface area contributed by atoms with Gasteiger partial charge >= 0.3 is 0 Å². The highest BCUT2D eigenvalue weighted by Crippen LogP contribution is 2.27. The molecule has 0 spiro atoms. The van der Waals surface area contributed by atoms with E-state index in [2.05, 4.69) is 0 Å². The van der Waals surface area contributed by atoms with Gasteiger partial charge in [-0.3, -0.25) is 4.79 Å². The first kappa shape index (κ1) is 13.4. The third-order valence-electron chi connectivity index (χ3n) is 2.87. The Labute approximate surface area is 117 Å². The Hall–Kier alpha value is -2.00. The highest BCUT2D eigenvalue weighted by molar-refractivity contribution is 6.32. The van der Waals surface area contributed by atoms with Gasteiger partial charge < -0.3 is 10.5 Å². The number of methoxy groups -OCH3 is 1. The van der Waals surface area contributed by atoms with E-state index in [9.17, 15) is 4.79 Å². The Morgan fingerprint density at radius 2 is 1.95 bits per heavy atom. The van der Waals surface area contributed by atoms with Gasteiger partial charge in [-0.05, 0) is 37.3 Å². The molecule has 0 radical (unpaired) electrons. The van der Waals surface area contributed by atoms with Gasteiger partial charge in [-0.25, -0.2) is 0 Å². The number of nitrogen functional groups attached to an aromatic ring is 1. The van der Waals surface area contributed by atoms with Gasteiger partial charge in [0.05, 0.1) is 12.1 Å². The molecule has 0 aliphatic carbocycles. The number of anilines is 1. The molecule has 98 valence electrons. The number of ketones is 1. The van der Waals surface area contributed by atoms with Crippen molar-refractivity contribution in [3.63, 3.8) is 0 Å². The number of carbonyl (C=O) groups is 1. The first-order valence-electron chi connectivity index (χ1n) is 5.77. The molecule has 0 amide bonds. The van der Waals surface area contributed by atoms with E-state index in [0.29, 0.717) is 27.6 Å². The number of rotatable bonds is 3. The van der Waals surface area contributed by atoms with E-state index in [1.807, 2.05) is 13.0 Å². The fourth-order valence-electron chi connectivity index (χ4n) is 1.82. The predicted octanol–water partition coefficient (Wildman–Crippen LogP) is 3.47. The van der Waals surface area contributed by atoms with E-state index < -0.39 is 0 Å². The fraction of sp³-hybridized carbons (Fsp3) is 0.133. The smallest absolute Gasteiger partial charge is 0.195 e. The molecule has 0 aliphatic rings. The van der Waals surface area contributed by atoms with Crippen LogP contribution in [0.4, 0.5) is 5.69 Å². The van der Waals surface area contributed by atoms with Gasteiger partial charge in [0.25, 0.3) is 0 Å². The van der Waals surface area contributed by atoms with Crippen LogP contribution in [-0.4, -0.2) is 12.9 Å². The number of aryl methyl sites for hydroxylation is 1. The quantitative estimate of drug-likeness (QED) is 0.689. The lowest BCUT2D eigenvalue weighted by Gasteiger charge is -2.08. The molecule has 2 aromatic carbocycles. The van der Waals surface area contributed by atoms with Crippen molar-refractivity contribution in [1.82, 2.24) is 0 Å². The summed E-state index contributed by atoms with van der Waals surface area (Å²) in [5.74, 6) is 0.329. The van der Waals surface area contributed by atoms with Gasteiger partial charge in [-0.15, -0.1) is 0 Å². The zero-order valence-corrected chi connectivity index (χ0v) is 11.5. The number of ether oxygens (including phenoxy) is 1. The maximum absolute atomic E-state index is 12.4.